The molecular weight excluding hydrogens is 336 g/mol. The van der Waals surface area contributed by atoms with Crippen molar-refractivity contribution in [3.05, 3.63) is 95.3 Å². The lowest BCUT2D eigenvalue weighted by Gasteiger charge is -2.03. The summed E-state index contributed by atoms with van der Waals surface area (Å²) in [6, 6.07) is 18.0. The molecule has 0 aliphatic rings. The van der Waals surface area contributed by atoms with Gasteiger partial charge in [-0.25, -0.2) is 0 Å². The normalized spacial score (nSPS) is 9.78. The third kappa shape index (κ3) is 4.80. The first kappa shape index (κ1) is 17.9. The average molecular weight is 354 g/mol. The van der Waals surface area contributed by atoms with Crippen molar-refractivity contribution < 1.29 is 4.79 Å². The van der Waals surface area contributed by atoms with Crippen LogP contribution in [0.4, 0.5) is 5.69 Å². The summed E-state index contributed by atoms with van der Waals surface area (Å²) in [7, 11) is 0. The van der Waals surface area contributed by atoms with E-state index < -0.39 is 0 Å². The summed E-state index contributed by atoms with van der Waals surface area (Å²) in [4.78, 5) is 16.3. The lowest BCUT2D eigenvalue weighted by molar-refractivity contribution is 0.103. The molecule has 1 heterocycles. The van der Waals surface area contributed by atoms with Crippen LogP contribution in [0.2, 0.25) is 0 Å². The molecule has 0 spiro atoms. The summed E-state index contributed by atoms with van der Waals surface area (Å²) in [6.45, 7) is 0.482. The SMILES string of the molecule is N=C(N)c1ccc(NCC#Cc2ccc(C(=O)c3cccnc3)cc2)cc1. The number of anilines is 1. The van der Waals surface area contributed by atoms with E-state index >= 15 is 0 Å². The van der Waals surface area contributed by atoms with E-state index in [2.05, 4.69) is 22.1 Å². The second-order valence-corrected chi connectivity index (χ2v) is 5.79. The van der Waals surface area contributed by atoms with E-state index in [1.807, 2.05) is 24.3 Å². The largest absolute Gasteiger partial charge is 0.384 e. The minimum atomic E-state index is -0.0571. The predicted molar refractivity (Wildman–Crippen MR) is 107 cm³/mol. The van der Waals surface area contributed by atoms with Crippen LogP contribution in [0, 0.1) is 17.3 Å². The van der Waals surface area contributed by atoms with Gasteiger partial charge in [0.25, 0.3) is 0 Å². The van der Waals surface area contributed by atoms with Crippen LogP contribution < -0.4 is 11.1 Å². The van der Waals surface area contributed by atoms with Gasteiger partial charge in [-0.2, -0.15) is 0 Å². The smallest absolute Gasteiger partial charge is 0.194 e. The van der Waals surface area contributed by atoms with Gasteiger partial charge in [0.1, 0.15) is 5.84 Å². The molecule has 4 N–H and O–H groups in total. The molecule has 1 aromatic heterocycles. The number of aromatic nitrogens is 1. The molecule has 3 rings (SSSR count). The maximum atomic E-state index is 12.3. The molecule has 0 fully saturated rings. The Kier molecular flexibility index (Phi) is 5.60. The minimum absolute atomic E-state index is 0.0480. The van der Waals surface area contributed by atoms with Crippen molar-refractivity contribution >= 4 is 17.3 Å². The molecule has 0 saturated carbocycles. The number of nitrogen functional groups attached to an aromatic ring is 1. The van der Waals surface area contributed by atoms with Gasteiger partial charge in [-0.15, -0.1) is 0 Å². The Hall–Kier alpha value is -3.91. The number of hydrogen-bond donors (Lipinski definition) is 3. The lowest BCUT2D eigenvalue weighted by atomic mass is 10.0. The number of nitrogens with zero attached hydrogens (tertiary/aromatic N) is 1. The zero-order valence-electron chi connectivity index (χ0n) is 14.6. The van der Waals surface area contributed by atoms with Crippen LogP contribution in [0.25, 0.3) is 0 Å². The van der Waals surface area contributed by atoms with E-state index in [0.717, 1.165) is 11.3 Å². The van der Waals surface area contributed by atoms with Gasteiger partial charge < -0.3 is 11.1 Å². The highest BCUT2D eigenvalue weighted by molar-refractivity contribution is 6.08. The second-order valence-electron chi connectivity index (χ2n) is 5.79. The molecule has 3 aromatic rings. The Morgan fingerprint density at radius 1 is 1.00 bits per heavy atom. The highest BCUT2D eigenvalue weighted by Crippen LogP contribution is 2.10. The molecule has 0 amide bonds. The Labute approximate surface area is 157 Å². The molecular formula is C22H18N4O. The zero-order chi connectivity index (χ0) is 19.1. The maximum Gasteiger partial charge on any atom is 0.194 e. The second kappa shape index (κ2) is 8.45. The molecule has 5 heteroatoms. The zero-order valence-corrected chi connectivity index (χ0v) is 14.6. The summed E-state index contributed by atoms with van der Waals surface area (Å²) < 4.78 is 0. The topological polar surface area (TPSA) is 91.9 Å². The molecule has 0 saturated heterocycles. The van der Waals surface area contributed by atoms with Gasteiger partial charge in [0, 0.05) is 40.3 Å². The van der Waals surface area contributed by atoms with Crippen molar-refractivity contribution in [3.63, 3.8) is 0 Å². The van der Waals surface area contributed by atoms with E-state index in [1.54, 1.807) is 48.8 Å². The predicted octanol–water partition coefficient (Wildman–Crippen LogP) is 3.06. The van der Waals surface area contributed by atoms with Gasteiger partial charge in [0.05, 0.1) is 6.54 Å². The van der Waals surface area contributed by atoms with Crippen molar-refractivity contribution in [2.24, 2.45) is 5.73 Å². The van der Waals surface area contributed by atoms with E-state index in [9.17, 15) is 4.79 Å². The molecule has 132 valence electrons. The quantitative estimate of drug-likeness (QED) is 0.284. The van der Waals surface area contributed by atoms with Crippen molar-refractivity contribution in [1.29, 1.82) is 5.41 Å². The Morgan fingerprint density at radius 2 is 1.70 bits per heavy atom. The summed E-state index contributed by atoms with van der Waals surface area (Å²) in [5.74, 6) is 6.10. The van der Waals surface area contributed by atoms with E-state index in [0.29, 0.717) is 23.2 Å². The first-order chi connectivity index (χ1) is 13.1. The van der Waals surface area contributed by atoms with Gasteiger partial charge in [0.2, 0.25) is 0 Å². The minimum Gasteiger partial charge on any atom is -0.384 e. The molecule has 0 radical (unpaired) electrons. The number of nitrogens with two attached hydrogens (primary N) is 1. The van der Waals surface area contributed by atoms with E-state index in [1.165, 1.54) is 0 Å². The third-order valence-electron chi connectivity index (χ3n) is 3.88. The van der Waals surface area contributed by atoms with Gasteiger partial charge in [0.15, 0.2) is 5.78 Å². The van der Waals surface area contributed by atoms with Crippen LogP contribution in [0.3, 0.4) is 0 Å². The van der Waals surface area contributed by atoms with Crippen molar-refractivity contribution in [2.75, 3.05) is 11.9 Å². The Morgan fingerprint density at radius 3 is 2.33 bits per heavy atom. The van der Waals surface area contributed by atoms with Crippen molar-refractivity contribution in [3.8, 4) is 11.8 Å². The highest BCUT2D eigenvalue weighted by atomic mass is 16.1. The van der Waals surface area contributed by atoms with Gasteiger partial charge in [-0.05, 0) is 60.7 Å². The van der Waals surface area contributed by atoms with Crippen LogP contribution in [0.1, 0.15) is 27.0 Å². The van der Waals surface area contributed by atoms with Crippen LogP contribution in [-0.2, 0) is 0 Å². The number of carbonyl (C=O) groups excluding carboxylic acids is 1. The molecule has 0 atom stereocenters. The monoisotopic (exact) mass is 354 g/mol. The fraction of sp³-hybridized carbons (Fsp3) is 0.0455. The average Bonchev–Trinajstić information content (AvgIpc) is 2.72. The van der Waals surface area contributed by atoms with Crippen LogP contribution in [-0.4, -0.2) is 23.1 Å². The van der Waals surface area contributed by atoms with E-state index in [-0.39, 0.29) is 11.6 Å². The third-order valence-corrected chi connectivity index (χ3v) is 3.88. The maximum absolute atomic E-state index is 12.3. The molecule has 0 bridgehead atoms. The number of benzene rings is 2. The van der Waals surface area contributed by atoms with Crippen LogP contribution in [0.5, 0.6) is 0 Å². The number of ketones is 1. The number of carbonyl (C=O) groups is 1. The van der Waals surface area contributed by atoms with Crippen molar-refractivity contribution in [2.45, 2.75) is 0 Å². The van der Waals surface area contributed by atoms with Crippen LogP contribution >= 0.6 is 0 Å². The molecule has 2 aromatic carbocycles. The summed E-state index contributed by atoms with van der Waals surface area (Å²) >= 11 is 0. The van der Waals surface area contributed by atoms with Gasteiger partial charge >= 0.3 is 0 Å². The molecule has 0 unspecified atom stereocenters. The van der Waals surface area contributed by atoms with Crippen LogP contribution in [0.15, 0.2) is 73.1 Å². The van der Waals surface area contributed by atoms with Crippen molar-refractivity contribution in [1.82, 2.24) is 4.98 Å². The summed E-state index contributed by atoms with van der Waals surface area (Å²) in [5.41, 5.74) is 9.04. The van der Waals surface area contributed by atoms with Gasteiger partial charge in [-0.1, -0.05) is 11.8 Å². The number of rotatable bonds is 5. The molecule has 27 heavy (non-hydrogen) atoms. The highest BCUT2D eigenvalue weighted by Gasteiger charge is 2.08. The fourth-order valence-corrected chi connectivity index (χ4v) is 2.43. The molecule has 0 aliphatic carbocycles. The molecule has 0 aliphatic heterocycles. The van der Waals surface area contributed by atoms with E-state index in [4.69, 9.17) is 11.1 Å². The Bertz CT molecular complexity index is 998. The number of nitrogens with one attached hydrogen (secondary N) is 2. The number of hydrogen-bond acceptors (Lipinski definition) is 4. The first-order valence-electron chi connectivity index (χ1n) is 8.35. The summed E-state index contributed by atoms with van der Waals surface area (Å²) in [5, 5.41) is 10.6. The number of amidine groups is 1. The Balaban J connectivity index is 1.57. The first-order valence-corrected chi connectivity index (χ1v) is 8.35. The molecule has 5 nitrogen and oxygen atoms in total. The fourth-order valence-electron chi connectivity index (χ4n) is 2.43. The standard InChI is InChI=1S/C22H18N4O/c23-22(24)18-9-11-20(12-10-18)26-14-1-3-16-5-7-17(8-6-16)21(27)19-4-2-13-25-15-19/h2,4-13,15,26H,14H2,(H3,23,24). The van der Waals surface area contributed by atoms with Gasteiger partial charge in [-0.3, -0.25) is 15.2 Å². The summed E-state index contributed by atoms with van der Waals surface area (Å²) in [6.07, 6.45) is 3.20. The lowest BCUT2D eigenvalue weighted by Crippen LogP contribution is -2.10. The number of pyridine rings is 1.